The zero-order valence-electron chi connectivity index (χ0n) is 26.7. The summed E-state index contributed by atoms with van der Waals surface area (Å²) in [5.41, 5.74) is 11.8. The second-order valence-electron chi connectivity index (χ2n) is 12.3. The van der Waals surface area contributed by atoms with Gasteiger partial charge >= 0.3 is 0 Å². The molecule has 0 unspecified atom stereocenters. The van der Waals surface area contributed by atoms with Gasteiger partial charge in [0.25, 0.3) is 0 Å². The Balaban J connectivity index is 1.17. The first-order valence-electron chi connectivity index (χ1n) is 16.3. The molecular weight excluding hydrogens is 611 g/mol. The highest BCUT2D eigenvalue weighted by Gasteiger charge is 2.19. The van der Waals surface area contributed by atoms with Crippen molar-refractivity contribution in [2.24, 2.45) is 0 Å². The van der Waals surface area contributed by atoms with E-state index < -0.39 is 0 Å². The third-order valence-electron chi connectivity index (χ3n) is 9.62. The monoisotopic (exact) mass is 635 g/mol. The summed E-state index contributed by atoms with van der Waals surface area (Å²) in [5, 5.41) is 33.7. The van der Waals surface area contributed by atoms with Gasteiger partial charge in [-0.25, -0.2) is 0 Å². The molecule has 0 atom stereocenters. The molecule has 50 heavy (non-hydrogen) atoms. The van der Waals surface area contributed by atoms with Crippen LogP contribution in [0.5, 0.6) is 0 Å². The van der Waals surface area contributed by atoms with Gasteiger partial charge in [0, 0.05) is 32.8 Å². The highest BCUT2D eigenvalue weighted by Crippen LogP contribution is 2.39. The standard InChI is InChI=1S/C45H25N5/c46-26-29-15-21-43-39(23-29)40-24-30(27-47)16-22-44(40)49(43)35-19-17-31(18-20-35)32-7-5-8-33(25-32)36-12-6-9-34(28-48)45(36)50-41-13-3-1-10-37(41)38-11-2-4-14-42(38)50/h1-25H. The van der Waals surface area contributed by atoms with Crippen LogP contribution in [-0.2, 0) is 0 Å². The van der Waals surface area contributed by atoms with E-state index in [-0.39, 0.29) is 0 Å². The van der Waals surface area contributed by atoms with Gasteiger partial charge in [0.2, 0.25) is 0 Å². The van der Waals surface area contributed by atoms with Crippen LogP contribution < -0.4 is 0 Å². The van der Waals surface area contributed by atoms with E-state index in [0.29, 0.717) is 16.7 Å². The minimum atomic E-state index is 0.579. The lowest BCUT2D eigenvalue weighted by molar-refractivity contribution is 1.17. The van der Waals surface area contributed by atoms with Gasteiger partial charge in [0.05, 0.1) is 56.6 Å². The molecule has 9 aromatic rings. The quantitative estimate of drug-likeness (QED) is 0.193. The van der Waals surface area contributed by atoms with Crippen LogP contribution in [0.4, 0.5) is 0 Å². The maximum Gasteiger partial charge on any atom is 0.101 e. The smallest absolute Gasteiger partial charge is 0.101 e. The number of hydrogen-bond donors (Lipinski definition) is 0. The molecule has 0 N–H and O–H groups in total. The Bertz CT molecular complexity index is 2830. The van der Waals surface area contributed by atoms with Gasteiger partial charge in [-0.05, 0) is 89.5 Å². The molecule has 0 saturated carbocycles. The molecular formula is C45H25N5. The summed E-state index contributed by atoms with van der Waals surface area (Å²) in [6.45, 7) is 0. The van der Waals surface area contributed by atoms with Crippen LogP contribution in [0.25, 0.3) is 77.2 Å². The topological polar surface area (TPSA) is 81.2 Å². The highest BCUT2D eigenvalue weighted by atomic mass is 15.0. The van der Waals surface area contributed by atoms with E-state index in [2.05, 4.69) is 118 Å². The lowest BCUT2D eigenvalue weighted by atomic mass is 9.96. The van der Waals surface area contributed by atoms with Crippen LogP contribution in [0.3, 0.4) is 0 Å². The summed E-state index contributed by atoms with van der Waals surface area (Å²) in [7, 11) is 0. The molecule has 0 bridgehead atoms. The molecule has 0 aliphatic heterocycles. The largest absolute Gasteiger partial charge is 0.309 e. The Labute approximate surface area is 287 Å². The normalized spacial score (nSPS) is 11.1. The molecule has 2 heterocycles. The third kappa shape index (κ3) is 4.38. The van der Waals surface area contributed by atoms with E-state index in [1.54, 1.807) is 0 Å². The lowest BCUT2D eigenvalue weighted by Gasteiger charge is -2.16. The van der Waals surface area contributed by atoms with Crippen molar-refractivity contribution in [2.45, 2.75) is 0 Å². The Morgan fingerprint density at radius 1 is 0.380 bits per heavy atom. The first-order valence-corrected chi connectivity index (χ1v) is 16.3. The van der Waals surface area contributed by atoms with E-state index in [0.717, 1.165) is 77.2 Å². The Kier molecular flexibility index (Phi) is 6.56. The van der Waals surface area contributed by atoms with Gasteiger partial charge in [-0.1, -0.05) is 78.9 Å². The van der Waals surface area contributed by atoms with Gasteiger partial charge in [0.1, 0.15) is 6.07 Å². The van der Waals surface area contributed by atoms with Crippen molar-refractivity contribution in [1.29, 1.82) is 15.8 Å². The molecule has 5 heteroatoms. The Morgan fingerprint density at radius 2 is 0.940 bits per heavy atom. The second-order valence-corrected chi connectivity index (χ2v) is 12.3. The maximum atomic E-state index is 10.4. The molecule has 0 radical (unpaired) electrons. The minimum Gasteiger partial charge on any atom is -0.309 e. The number of hydrogen-bond acceptors (Lipinski definition) is 3. The lowest BCUT2D eigenvalue weighted by Crippen LogP contribution is -2.00. The molecule has 2 aromatic heterocycles. The number of nitrogens with zero attached hydrogens (tertiary/aromatic N) is 5. The molecule has 0 aliphatic carbocycles. The summed E-state index contributed by atoms with van der Waals surface area (Å²) >= 11 is 0. The minimum absolute atomic E-state index is 0.579. The zero-order valence-corrected chi connectivity index (χ0v) is 26.7. The first-order chi connectivity index (χ1) is 24.7. The molecule has 0 fully saturated rings. The van der Waals surface area contributed by atoms with E-state index in [4.69, 9.17) is 0 Å². The van der Waals surface area contributed by atoms with Crippen LogP contribution >= 0.6 is 0 Å². The van der Waals surface area contributed by atoms with E-state index in [9.17, 15) is 15.8 Å². The molecule has 230 valence electrons. The molecule has 7 aromatic carbocycles. The van der Waals surface area contributed by atoms with Crippen LogP contribution in [0.2, 0.25) is 0 Å². The number of para-hydroxylation sites is 3. The summed E-state index contributed by atoms with van der Waals surface area (Å²) in [5.74, 6) is 0. The molecule has 0 spiro atoms. The van der Waals surface area contributed by atoms with Crippen LogP contribution in [-0.4, -0.2) is 9.13 Å². The predicted octanol–water partition coefficient (Wildman–Crippen LogP) is 10.8. The van der Waals surface area contributed by atoms with E-state index in [1.807, 2.05) is 60.7 Å². The predicted molar refractivity (Wildman–Crippen MR) is 200 cm³/mol. The average molecular weight is 636 g/mol. The molecule has 0 aliphatic rings. The molecule has 5 nitrogen and oxygen atoms in total. The Morgan fingerprint density at radius 3 is 1.54 bits per heavy atom. The van der Waals surface area contributed by atoms with Gasteiger partial charge < -0.3 is 9.13 Å². The summed E-state index contributed by atoms with van der Waals surface area (Å²) in [6, 6.07) is 58.0. The van der Waals surface area contributed by atoms with Crippen LogP contribution in [0.15, 0.2) is 152 Å². The van der Waals surface area contributed by atoms with Crippen molar-refractivity contribution in [3.63, 3.8) is 0 Å². The van der Waals surface area contributed by atoms with Gasteiger partial charge in [-0.3, -0.25) is 0 Å². The van der Waals surface area contributed by atoms with E-state index in [1.165, 1.54) is 0 Å². The fourth-order valence-electron chi connectivity index (χ4n) is 7.38. The second kappa shape index (κ2) is 11.4. The third-order valence-corrected chi connectivity index (χ3v) is 9.62. The van der Waals surface area contributed by atoms with Crippen molar-refractivity contribution >= 4 is 43.6 Å². The Hall–Kier alpha value is -7.39. The zero-order chi connectivity index (χ0) is 33.8. The fourth-order valence-corrected chi connectivity index (χ4v) is 7.38. The van der Waals surface area contributed by atoms with E-state index >= 15 is 0 Å². The SMILES string of the molecule is N#Cc1ccc2c(c1)c1cc(C#N)ccc1n2-c1ccc(-c2cccc(-c3cccc(C#N)c3-n3c4ccccc4c4ccccc43)c2)cc1. The van der Waals surface area contributed by atoms with Crippen molar-refractivity contribution in [3.05, 3.63) is 168 Å². The van der Waals surface area contributed by atoms with Crippen molar-refractivity contribution in [3.8, 4) is 51.8 Å². The summed E-state index contributed by atoms with van der Waals surface area (Å²) in [6.07, 6.45) is 0. The maximum absolute atomic E-state index is 10.4. The van der Waals surface area contributed by atoms with Crippen molar-refractivity contribution in [1.82, 2.24) is 9.13 Å². The van der Waals surface area contributed by atoms with Crippen LogP contribution in [0, 0.1) is 34.0 Å². The van der Waals surface area contributed by atoms with Crippen molar-refractivity contribution < 1.29 is 0 Å². The number of benzene rings is 7. The van der Waals surface area contributed by atoms with Crippen molar-refractivity contribution in [2.75, 3.05) is 0 Å². The number of fused-ring (bicyclic) bond motifs is 6. The molecule has 0 amide bonds. The van der Waals surface area contributed by atoms with Gasteiger partial charge in [0.15, 0.2) is 0 Å². The van der Waals surface area contributed by atoms with Crippen LogP contribution in [0.1, 0.15) is 16.7 Å². The van der Waals surface area contributed by atoms with Gasteiger partial charge in [-0.2, -0.15) is 15.8 Å². The fraction of sp³-hybridized carbons (Fsp3) is 0. The number of nitriles is 3. The molecule has 0 saturated heterocycles. The highest BCUT2D eigenvalue weighted by molar-refractivity contribution is 6.11. The molecule has 9 rings (SSSR count). The number of aromatic nitrogens is 2. The van der Waals surface area contributed by atoms with Gasteiger partial charge in [-0.15, -0.1) is 0 Å². The first kappa shape index (κ1) is 28.8. The average Bonchev–Trinajstić information content (AvgIpc) is 3.69. The summed E-state index contributed by atoms with van der Waals surface area (Å²) < 4.78 is 4.41. The summed E-state index contributed by atoms with van der Waals surface area (Å²) in [4.78, 5) is 0. The number of rotatable bonds is 4.